The zero-order valence-corrected chi connectivity index (χ0v) is 27.0. The molecule has 0 aromatic rings. The molecule has 0 rings (SSSR count). The molecule has 0 saturated carbocycles. The van der Waals surface area contributed by atoms with Crippen LogP contribution >= 0.6 is 0 Å². The first-order chi connectivity index (χ1) is 17.6. The molecule has 0 saturated heterocycles. The average molecular weight is 612 g/mol. The van der Waals surface area contributed by atoms with Crippen molar-refractivity contribution in [3.05, 3.63) is 0 Å². The fraction of sp³-hybridized carbons (Fsp3) is 0.846. The van der Waals surface area contributed by atoms with Crippen LogP contribution in [0.1, 0.15) is 81.1 Å². The van der Waals surface area contributed by atoms with Gasteiger partial charge in [0.25, 0.3) is 0 Å². The Kier molecular flexibility index (Phi) is 34.2. The monoisotopic (exact) mass is 610 g/mol. The summed E-state index contributed by atoms with van der Waals surface area (Å²) in [4.78, 5) is 46.1. The minimum Gasteiger partial charge on any atom is -0.466 e. The molecule has 0 N–H and O–H groups in total. The van der Waals surface area contributed by atoms with Crippen LogP contribution in [-0.4, -0.2) is 99.0 Å². The maximum Gasteiger partial charge on any atom is 0.313 e. The summed E-state index contributed by atoms with van der Waals surface area (Å²) in [7, 11) is 0. The van der Waals surface area contributed by atoms with E-state index in [0.717, 1.165) is 65.3 Å². The predicted octanol–water partition coefficient (Wildman–Crippen LogP) is 3.45. The summed E-state index contributed by atoms with van der Waals surface area (Å²) in [5.41, 5.74) is 0. The van der Waals surface area contributed by atoms with E-state index in [9.17, 15) is 19.2 Å². The Labute approximate surface area is 237 Å². The topological polar surface area (TPSA) is 112 Å². The van der Waals surface area contributed by atoms with Crippen LogP contribution in [0.3, 0.4) is 0 Å². The van der Waals surface area contributed by atoms with E-state index in [1.54, 1.807) is 13.8 Å². The molecule has 0 bridgehead atoms. The van der Waals surface area contributed by atoms with Crippen molar-refractivity contribution in [3.63, 3.8) is 0 Å². The Morgan fingerprint density at radius 3 is 1.16 bits per heavy atom. The Bertz CT molecular complexity index is 523. The summed E-state index contributed by atoms with van der Waals surface area (Å²) in [6.45, 7) is 24.2. The standard InChI is InChI=1S/2C7H16NO.2C6H10O3.Zr/c2*1-3-8(4-2)6-5-7-9;2*1-3-9-6(8)4-5(2)7;/h2*3-7H2,1-2H3;2*3-4H2,1-2H3;/q2*-1;;;+2. The number of nitrogens with zero attached hydrogens (tertiary/aromatic N) is 2. The molecule has 11 heteroatoms. The van der Waals surface area contributed by atoms with Gasteiger partial charge < -0.3 is 9.47 Å². The molecule has 0 heterocycles. The maximum atomic E-state index is 10.4. The summed E-state index contributed by atoms with van der Waals surface area (Å²) in [5, 5.41) is 0. The van der Waals surface area contributed by atoms with Crippen molar-refractivity contribution >= 4 is 23.5 Å². The van der Waals surface area contributed by atoms with Crippen LogP contribution in [0.4, 0.5) is 0 Å². The van der Waals surface area contributed by atoms with Gasteiger partial charge in [0.1, 0.15) is 24.4 Å². The van der Waals surface area contributed by atoms with E-state index in [1.807, 2.05) is 0 Å². The van der Waals surface area contributed by atoms with Gasteiger partial charge in [-0.1, -0.05) is 0 Å². The Morgan fingerprint density at radius 1 is 0.595 bits per heavy atom. The maximum absolute atomic E-state index is 10.4. The molecule has 0 atom stereocenters. The Balaban J connectivity index is -0.000000534. The summed E-state index contributed by atoms with van der Waals surface area (Å²) >= 11 is -1.01. The summed E-state index contributed by atoms with van der Waals surface area (Å²) in [6, 6.07) is 0. The summed E-state index contributed by atoms with van der Waals surface area (Å²) in [5.74, 6) is -1.20. The van der Waals surface area contributed by atoms with Gasteiger partial charge >= 0.3 is 144 Å². The van der Waals surface area contributed by atoms with Crippen LogP contribution < -0.4 is 0 Å². The average Bonchev–Trinajstić information content (AvgIpc) is 2.83. The molecule has 0 aliphatic heterocycles. The van der Waals surface area contributed by atoms with Gasteiger partial charge in [0.2, 0.25) is 0 Å². The number of hydrogen-bond donors (Lipinski definition) is 0. The molecule has 0 aromatic carbocycles. The molecule has 37 heavy (non-hydrogen) atoms. The normalized spacial score (nSPS) is 10.1. The minimum atomic E-state index is -1.01. The van der Waals surface area contributed by atoms with Gasteiger partial charge in [-0.3, -0.25) is 19.2 Å². The number of esters is 2. The van der Waals surface area contributed by atoms with E-state index in [0.29, 0.717) is 13.2 Å². The van der Waals surface area contributed by atoms with Gasteiger partial charge in [-0.05, 0) is 27.7 Å². The SMILES string of the molecule is CCN(CC)CCC[O][Zr][O]CCCN(CC)CC.CCOC(=O)CC(C)=O.CCOC(=O)CC(C)=O. The fourth-order valence-corrected chi connectivity index (χ4v) is 4.08. The minimum absolute atomic E-state index is 0.103. The Morgan fingerprint density at radius 2 is 0.919 bits per heavy atom. The van der Waals surface area contributed by atoms with E-state index in [-0.39, 0.29) is 24.4 Å². The molecule has 0 aliphatic rings. The van der Waals surface area contributed by atoms with E-state index in [1.165, 1.54) is 13.8 Å². The third kappa shape index (κ3) is 35.0. The number of hydrogen-bond acceptors (Lipinski definition) is 10. The zero-order valence-electron chi connectivity index (χ0n) is 24.6. The van der Waals surface area contributed by atoms with Crippen molar-refractivity contribution in [1.82, 2.24) is 9.80 Å². The van der Waals surface area contributed by atoms with Gasteiger partial charge in [0.05, 0.1) is 13.2 Å². The third-order valence-corrected chi connectivity index (χ3v) is 6.33. The third-order valence-electron chi connectivity index (χ3n) is 4.75. The van der Waals surface area contributed by atoms with Crippen molar-refractivity contribution in [2.45, 2.75) is 81.1 Å². The Hall–Kier alpha value is -0.997. The number of Topliss-reactive ketones (excluding diaryl/α,β-unsaturated/α-hetero) is 2. The van der Waals surface area contributed by atoms with Crippen molar-refractivity contribution in [3.8, 4) is 0 Å². The van der Waals surface area contributed by atoms with Crippen molar-refractivity contribution in [1.29, 1.82) is 0 Å². The van der Waals surface area contributed by atoms with Gasteiger partial charge in [0, 0.05) is 0 Å². The van der Waals surface area contributed by atoms with E-state index in [2.05, 4.69) is 47.0 Å². The first-order valence-electron chi connectivity index (χ1n) is 13.3. The fourth-order valence-electron chi connectivity index (χ4n) is 2.76. The number of ether oxygens (including phenoxy) is 2. The molecule has 0 fully saturated rings. The first-order valence-corrected chi connectivity index (χ1v) is 15.3. The largest absolute Gasteiger partial charge is 0.466 e. The second kappa shape index (κ2) is 31.2. The smallest absolute Gasteiger partial charge is 0.313 e. The molecule has 0 spiro atoms. The van der Waals surface area contributed by atoms with Crippen LogP contribution in [0.15, 0.2) is 0 Å². The number of carbonyl (C=O) groups excluding carboxylic acids is 4. The van der Waals surface area contributed by atoms with Gasteiger partial charge in [-0.25, -0.2) is 0 Å². The van der Waals surface area contributed by atoms with Gasteiger partial charge in [-0.2, -0.15) is 0 Å². The van der Waals surface area contributed by atoms with Crippen molar-refractivity contribution in [2.24, 2.45) is 0 Å². The van der Waals surface area contributed by atoms with Gasteiger partial charge in [-0.15, -0.1) is 0 Å². The summed E-state index contributed by atoms with van der Waals surface area (Å²) < 4.78 is 20.3. The zero-order chi connectivity index (χ0) is 28.9. The van der Waals surface area contributed by atoms with E-state index in [4.69, 9.17) is 5.63 Å². The quantitative estimate of drug-likeness (QED) is 0.115. The number of carbonyl (C=O) groups is 4. The summed E-state index contributed by atoms with van der Waals surface area (Å²) in [6.07, 6.45) is 2.05. The van der Waals surface area contributed by atoms with Crippen LogP contribution in [-0.2, 0) is 58.4 Å². The molecule has 0 aromatic heterocycles. The second-order valence-electron chi connectivity index (χ2n) is 7.91. The molecule has 0 unspecified atom stereocenters. The van der Waals surface area contributed by atoms with Crippen molar-refractivity contribution in [2.75, 3.05) is 65.7 Å². The number of rotatable bonds is 20. The number of ketones is 2. The van der Waals surface area contributed by atoms with Crippen molar-refractivity contribution < 1.29 is 58.4 Å². The molecule has 0 aliphatic carbocycles. The second-order valence-corrected chi connectivity index (χ2v) is 9.74. The van der Waals surface area contributed by atoms with E-state index >= 15 is 0 Å². The molecule has 0 amide bonds. The van der Waals surface area contributed by atoms with Crippen LogP contribution in [0.5, 0.6) is 0 Å². The molecular weight excluding hydrogens is 560 g/mol. The molecule has 218 valence electrons. The predicted molar refractivity (Wildman–Crippen MR) is 141 cm³/mol. The van der Waals surface area contributed by atoms with Crippen LogP contribution in [0.25, 0.3) is 0 Å². The molecular formula is C26H52N2O8Zr. The molecule has 0 radical (unpaired) electrons. The van der Waals surface area contributed by atoms with Crippen LogP contribution in [0.2, 0.25) is 0 Å². The van der Waals surface area contributed by atoms with Gasteiger partial charge in [0.15, 0.2) is 0 Å². The first kappa shape index (κ1) is 40.5. The molecule has 10 nitrogen and oxygen atoms in total. The van der Waals surface area contributed by atoms with Crippen LogP contribution in [0, 0.1) is 0 Å². The van der Waals surface area contributed by atoms with E-state index < -0.39 is 36.1 Å².